The molecule has 1 heterocycles. The molecule has 182 valence electrons. The van der Waals surface area contributed by atoms with Crippen LogP contribution >= 0.6 is 0 Å². The molecular formula is C32H32N2O2. The zero-order chi connectivity index (χ0) is 24.7. The highest BCUT2D eigenvalue weighted by Crippen LogP contribution is 2.27. The third kappa shape index (κ3) is 5.50. The lowest BCUT2D eigenvalue weighted by molar-refractivity contribution is 0.0740. The zero-order valence-electron chi connectivity index (χ0n) is 20.7. The first kappa shape index (κ1) is 23.8. The molecule has 0 unspecified atom stereocenters. The first-order valence-electron chi connectivity index (χ1n) is 12.7. The van der Waals surface area contributed by atoms with E-state index in [1.807, 2.05) is 41.3 Å². The molecule has 0 spiro atoms. The summed E-state index contributed by atoms with van der Waals surface area (Å²) in [5, 5.41) is 3.53. The molecule has 0 fully saturated rings. The highest BCUT2D eigenvalue weighted by atomic mass is 16.5. The monoisotopic (exact) mass is 476 g/mol. The van der Waals surface area contributed by atoms with Crippen LogP contribution in [0.2, 0.25) is 0 Å². The molecule has 1 aliphatic heterocycles. The maximum Gasteiger partial charge on any atom is 0.254 e. The van der Waals surface area contributed by atoms with Crippen LogP contribution in [0.3, 0.4) is 0 Å². The third-order valence-electron chi connectivity index (χ3n) is 6.87. The number of nitrogens with zero attached hydrogens (tertiary/aromatic N) is 1. The van der Waals surface area contributed by atoms with Gasteiger partial charge in [0.2, 0.25) is 0 Å². The van der Waals surface area contributed by atoms with E-state index in [0.29, 0.717) is 13.2 Å². The van der Waals surface area contributed by atoms with E-state index in [-0.39, 0.29) is 11.9 Å². The van der Waals surface area contributed by atoms with Gasteiger partial charge >= 0.3 is 0 Å². The molecule has 36 heavy (non-hydrogen) atoms. The molecule has 1 aliphatic rings. The van der Waals surface area contributed by atoms with Crippen LogP contribution in [0.4, 0.5) is 0 Å². The van der Waals surface area contributed by atoms with Crippen molar-refractivity contribution in [1.29, 1.82) is 0 Å². The molecule has 0 saturated heterocycles. The average molecular weight is 477 g/mol. The minimum absolute atomic E-state index is 0.103. The summed E-state index contributed by atoms with van der Waals surface area (Å²) >= 11 is 0. The standard InChI is InChI=1S/C32H32N2O2/c1-24(25-10-4-2-5-11-25)33-19-21-34-20-18-27-22-29(16-17-31(27)32(34)35)36-23-28-14-8-9-15-30(28)26-12-6-3-7-13-26/h2-17,22,24,33H,18-21,23H2,1H3/t24-/m1/s1. The Kier molecular flexibility index (Phi) is 7.44. The summed E-state index contributed by atoms with van der Waals surface area (Å²) in [7, 11) is 0. The Morgan fingerprint density at radius 3 is 2.39 bits per heavy atom. The Bertz CT molecular complexity index is 1300. The number of benzene rings is 4. The predicted molar refractivity (Wildman–Crippen MR) is 145 cm³/mol. The minimum Gasteiger partial charge on any atom is -0.489 e. The number of amides is 1. The topological polar surface area (TPSA) is 41.6 Å². The van der Waals surface area contributed by atoms with E-state index >= 15 is 0 Å². The zero-order valence-corrected chi connectivity index (χ0v) is 20.7. The maximum absolute atomic E-state index is 13.1. The second kappa shape index (κ2) is 11.2. The SMILES string of the molecule is C[C@@H](NCCN1CCc2cc(OCc3ccccc3-c3ccccc3)ccc2C1=O)c1ccccc1. The van der Waals surface area contributed by atoms with Crippen LogP contribution in [0.25, 0.3) is 11.1 Å². The minimum atomic E-state index is 0.103. The highest BCUT2D eigenvalue weighted by molar-refractivity contribution is 5.97. The molecule has 4 aromatic rings. The summed E-state index contributed by atoms with van der Waals surface area (Å²) in [5.41, 5.74) is 6.61. The fourth-order valence-corrected chi connectivity index (χ4v) is 4.80. The molecule has 0 aromatic heterocycles. The van der Waals surface area contributed by atoms with Crippen molar-refractivity contribution in [3.63, 3.8) is 0 Å². The summed E-state index contributed by atoms with van der Waals surface area (Å²) in [4.78, 5) is 15.1. The van der Waals surface area contributed by atoms with Crippen molar-refractivity contribution in [2.75, 3.05) is 19.6 Å². The van der Waals surface area contributed by atoms with Gasteiger partial charge in [-0.2, -0.15) is 0 Å². The second-order valence-corrected chi connectivity index (χ2v) is 9.26. The maximum atomic E-state index is 13.1. The van der Waals surface area contributed by atoms with E-state index < -0.39 is 0 Å². The van der Waals surface area contributed by atoms with Crippen molar-refractivity contribution in [2.24, 2.45) is 0 Å². The molecule has 1 amide bonds. The number of nitrogens with one attached hydrogen (secondary N) is 1. The number of hydrogen-bond acceptors (Lipinski definition) is 3. The Labute approximate surface area is 213 Å². The lowest BCUT2D eigenvalue weighted by Gasteiger charge is -2.29. The van der Waals surface area contributed by atoms with Crippen LogP contribution in [0.15, 0.2) is 103 Å². The normalized spacial score (nSPS) is 13.8. The summed E-state index contributed by atoms with van der Waals surface area (Å²) in [5.74, 6) is 0.905. The molecule has 0 bridgehead atoms. The van der Waals surface area contributed by atoms with E-state index in [9.17, 15) is 4.79 Å². The first-order chi connectivity index (χ1) is 17.7. The lowest BCUT2D eigenvalue weighted by atomic mass is 9.98. The van der Waals surface area contributed by atoms with Crippen molar-refractivity contribution in [1.82, 2.24) is 10.2 Å². The number of hydrogen-bond donors (Lipinski definition) is 1. The van der Waals surface area contributed by atoms with E-state index in [4.69, 9.17) is 4.74 Å². The van der Waals surface area contributed by atoms with Gasteiger partial charge in [0, 0.05) is 31.2 Å². The third-order valence-corrected chi connectivity index (χ3v) is 6.87. The van der Waals surface area contributed by atoms with Gasteiger partial charge in [0.05, 0.1) is 0 Å². The Balaban J connectivity index is 1.19. The van der Waals surface area contributed by atoms with Crippen molar-refractivity contribution < 1.29 is 9.53 Å². The predicted octanol–water partition coefficient (Wildman–Crippen LogP) is 6.28. The van der Waals surface area contributed by atoms with Crippen molar-refractivity contribution >= 4 is 5.91 Å². The number of fused-ring (bicyclic) bond motifs is 1. The average Bonchev–Trinajstić information content (AvgIpc) is 2.94. The van der Waals surface area contributed by atoms with Crippen molar-refractivity contribution in [3.8, 4) is 16.9 Å². The van der Waals surface area contributed by atoms with E-state index in [1.54, 1.807) is 0 Å². The Hall–Kier alpha value is -3.89. The quantitative estimate of drug-likeness (QED) is 0.309. The summed E-state index contributed by atoms with van der Waals surface area (Å²) in [6.45, 7) is 4.83. The van der Waals surface area contributed by atoms with E-state index in [1.165, 1.54) is 16.7 Å². The van der Waals surface area contributed by atoms with Crippen LogP contribution in [-0.2, 0) is 13.0 Å². The van der Waals surface area contributed by atoms with Crippen LogP contribution < -0.4 is 10.1 Å². The van der Waals surface area contributed by atoms with Crippen molar-refractivity contribution in [3.05, 3.63) is 125 Å². The van der Waals surface area contributed by atoms with Gasteiger partial charge in [-0.05, 0) is 59.4 Å². The Morgan fingerprint density at radius 2 is 1.58 bits per heavy atom. The van der Waals surface area contributed by atoms with Crippen LogP contribution in [0, 0.1) is 0 Å². The highest BCUT2D eigenvalue weighted by Gasteiger charge is 2.24. The van der Waals surface area contributed by atoms with Crippen LogP contribution in [-0.4, -0.2) is 30.4 Å². The molecule has 1 N–H and O–H groups in total. The summed E-state index contributed by atoms with van der Waals surface area (Å²) < 4.78 is 6.18. The van der Waals surface area contributed by atoms with E-state index in [2.05, 4.69) is 79.0 Å². The van der Waals surface area contributed by atoms with Gasteiger partial charge in [-0.1, -0.05) is 84.9 Å². The fourth-order valence-electron chi connectivity index (χ4n) is 4.80. The number of carbonyl (C=O) groups excluding carboxylic acids is 1. The second-order valence-electron chi connectivity index (χ2n) is 9.26. The van der Waals surface area contributed by atoms with Gasteiger partial charge in [0.15, 0.2) is 0 Å². The smallest absolute Gasteiger partial charge is 0.254 e. The first-order valence-corrected chi connectivity index (χ1v) is 12.7. The largest absolute Gasteiger partial charge is 0.489 e. The Morgan fingerprint density at radius 1 is 0.861 bits per heavy atom. The van der Waals surface area contributed by atoms with Gasteiger partial charge in [0.25, 0.3) is 5.91 Å². The number of rotatable bonds is 9. The lowest BCUT2D eigenvalue weighted by Crippen LogP contribution is -2.41. The number of carbonyl (C=O) groups is 1. The van der Waals surface area contributed by atoms with Gasteiger partial charge < -0.3 is 15.0 Å². The fraction of sp³-hybridized carbons (Fsp3) is 0.219. The van der Waals surface area contributed by atoms with Gasteiger partial charge in [-0.25, -0.2) is 0 Å². The summed E-state index contributed by atoms with van der Waals surface area (Å²) in [6, 6.07) is 35.2. The van der Waals surface area contributed by atoms with E-state index in [0.717, 1.165) is 42.0 Å². The molecule has 0 saturated carbocycles. The molecule has 5 rings (SSSR count). The molecule has 0 aliphatic carbocycles. The molecule has 4 aromatic carbocycles. The van der Waals surface area contributed by atoms with Gasteiger partial charge in [-0.3, -0.25) is 4.79 Å². The van der Waals surface area contributed by atoms with Crippen LogP contribution in [0.1, 0.15) is 40.0 Å². The molecule has 1 atom stereocenters. The number of ether oxygens (including phenoxy) is 1. The molecule has 0 radical (unpaired) electrons. The molecule has 4 heteroatoms. The molecule has 4 nitrogen and oxygen atoms in total. The van der Waals surface area contributed by atoms with Crippen LogP contribution in [0.5, 0.6) is 5.75 Å². The van der Waals surface area contributed by atoms with Gasteiger partial charge in [-0.15, -0.1) is 0 Å². The molecular weight excluding hydrogens is 444 g/mol. The summed E-state index contributed by atoms with van der Waals surface area (Å²) in [6.07, 6.45) is 0.840. The van der Waals surface area contributed by atoms with Crippen molar-refractivity contribution in [2.45, 2.75) is 26.0 Å². The van der Waals surface area contributed by atoms with Gasteiger partial charge in [0.1, 0.15) is 12.4 Å².